The molecule has 0 amide bonds. The molecular weight excluding hydrogens is 500 g/mol. The Morgan fingerprint density at radius 2 is 1.74 bits per heavy atom. The number of ether oxygens (including phenoxy) is 2. The number of hydrogen-bond donors (Lipinski definition) is 1. The summed E-state index contributed by atoms with van der Waals surface area (Å²) in [5, 5.41) is 9.71. The van der Waals surface area contributed by atoms with E-state index in [0.29, 0.717) is 35.6 Å². The zero-order valence-electron chi connectivity index (χ0n) is 21.9. The van der Waals surface area contributed by atoms with Crippen LogP contribution in [0.4, 0.5) is 8.78 Å². The number of fused-ring (bicyclic) bond motifs is 1. The highest BCUT2D eigenvalue weighted by Crippen LogP contribution is 2.41. The summed E-state index contributed by atoms with van der Waals surface area (Å²) < 4.78 is 38.7. The molecule has 1 aliphatic heterocycles. The van der Waals surface area contributed by atoms with Crippen molar-refractivity contribution in [2.24, 2.45) is 0 Å². The molecule has 0 saturated carbocycles. The van der Waals surface area contributed by atoms with Gasteiger partial charge >= 0.3 is 5.97 Å². The summed E-state index contributed by atoms with van der Waals surface area (Å²) in [6.07, 6.45) is 2.01. The summed E-state index contributed by atoms with van der Waals surface area (Å²) in [7, 11) is 0. The third-order valence-corrected chi connectivity index (χ3v) is 7.01. The number of carbonyl (C=O) groups is 1. The lowest BCUT2D eigenvalue weighted by Crippen LogP contribution is -2.10. The van der Waals surface area contributed by atoms with E-state index >= 15 is 0 Å². The first-order valence-electron chi connectivity index (χ1n) is 13.0. The normalized spacial score (nSPS) is 12.5. The molecule has 0 unspecified atom stereocenters. The largest absolute Gasteiger partial charge is 0.493 e. The fourth-order valence-corrected chi connectivity index (χ4v) is 5.16. The number of pyridine rings is 1. The lowest BCUT2D eigenvalue weighted by Gasteiger charge is -2.22. The fourth-order valence-electron chi connectivity index (χ4n) is 5.16. The average molecular weight is 530 g/mol. The van der Waals surface area contributed by atoms with Gasteiger partial charge in [-0.1, -0.05) is 24.3 Å². The fraction of sp³-hybridized carbons (Fsp3) is 0.250. The number of aryl methyl sites for hydroxylation is 3. The van der Waals surface area contributed by atoms with Crippen molar-refractivity contribution in [3.05, 3.63) is 100 Å². The van der Waals surface area contributed by atoms with Crippen molar-refractivity contribution in [2.45, 2.75) is 39.5 Å². The maximum Gasteiger partial charge on any atom is 0.307 e. The molecule has 5 nitrogen and oxygen atoms in total. The predicted molar refractivity (Wildman–Crippen MR) is 145 cm³/mol. The summed E-state index contributed by atoms with van der Waals surface area (Å²) >= 11 is 0. The Labute approximate surface area is 226 Å². The van der Waals surface area contributed by atoms with Crippen LogP contribution in [0.1, 0.15) is 34.5 Å². The highest BCUT2D eigenvalue weighted by Gasteiger charge is 2.22. The van der Waals surface area contributed by atoms with Crippen molar-refractivity contribution in [1.82, 2.24) is 4.98 Å². The van der Waals surface area contributed by atoms with Gasteiger partial charge in [0, 0.05) is 29.4 Å². The summed E-state index contributed by atoms with van der Waals surface area (Å²) in [6.45, 7) is 4.71. The number of carboxylic acids is 1. The van der Waals surface area contributed by atoms with E-state index in [9.17, 15) is 18.7 Å². The summed E-state index contributed by atoms with van der Waals surface area (Å²) in [4.78, 5) is 16.6. The molecule has 4 aromatic rings. The van der Waals surface area contributed by atoms with Gasteiger partial charge in [-0.15, -0.1) is 0 Å². The summed E-state index contributed by atoms with van der Waals surface area (Å²) in [6, 6.07) is 17.1. The van der Waals surface area contributed by atoms with E-state index in [0.717, 1.165) is 58.2 Å². The molecule has 0 atom stereocenters. The number of aromatic nitrogens is 1. The number of rotatable bonds is 8. The standard InChI is InChI=1S/C32H29F2NO4/c1-19-27(18-30(36)37)32(24-8-12-29-23(16-24)4-3-14-39-29)31(20(2)35-19)22-6-10-26(11-7-22)38-15-13-21-5-9-25(33)17-28(21)34/h5-12,16-17H,3-4,13-15,18H2,1-2H3,(H,36,37). The smallest absolute Gasteiger partial charge is 0.307 e. The molecule has 0 aliphatic carbocycles. The van der Waals surface area contributed by atoms with Crippen molar-refractivity contribution in [3.63, 3.8) is 0 Å². The molecule has 3 aromatic carbocycles. The Bertz CT molecular complexity index is 1530. The Hall–Kier alpha value is -4.26. The maximum absolute atomic E-state index is 13.9. The van der Waals surface area contributed by atoms with Gasteiger partial charge < -0.3 is 14.6 Å². The number of hydrogen-bond acceptors (Lipinski definition) is 4. The van der Waals surface area contributed by atoms with Crippen LogP contribution in [0.25, 0.3) is 22.3 Å². The van der Waals surface area contributed by atoms with E-state index in [1.165, 1.54) is 12.1 Å². The number of nitrogens with zero attached hydrogens (tertiary/aromatic N) is 1. The van der Waals surface area contributed by atoms with Crippen molar-refractivity contribution in [3.8, 4) is 33.8 Å². The number of benzene rings is 3. The van der Waals surface area contributed by atoms with Crippen LogP contribution in [0, 0.1) is 25.5 Å². The van der Waals surface area contributed by atoms with Crippen LogP contribution in [-0.2, 0) is 24.1 Å². The molecule has 0 saturated heterocycles. The van der Waals surface area contributed by atoms with E-state index in [1.807, 2.05) is 50.2 Å². The average Bonchev–Trinajstić information content (AvgIpc) is 2.91. The van der Waals surface area contributed by atoms with Crippen molar-refractivity contribution in [2.75, 3.05) is 13.2 Å². The minimum absolute atomic E-state index is 0.143. The summed E-state index contributed by atoms with van der Waals surface area (Å²) in [5.74, 6) is -0.635. The molecule has 1 aromatic heterocycles. The van der Waals surface area contributed by atoms with E-state index < -0.39 is 17.6 Å². The molecule has 0 fully saturated rings. The molecule has 200 valence electrons. The van der Waals surface area contributed by atoms with Gasteiger partial charge in [-0.05, 0) is 90.4 Å². The predicted octanol–water partition coefficient (Wildman–Crippen LogP) is 6.88. The molecule has 39 heavy (non-hydrogen) atoms. The van der Waals surface area contributed by atoms with Crippen LogP contribution < -0.4 is 9.47 Å². The van der Waals surface area contributed by atoms with Crippen LogP contribution >= 0.6 is 0 Å². The van der Waals surface area contributed by atoms with E-state index in [1.54, 1.807) is 0 Å². The molecule has 0 bridgehead atoms. The van der Waals surface area contributed by atoms with Crippen LogP contribution in [-0.4, -0.2) is 29.3 Å². The first kappa shape index (κ1) is 26.4. The van der Waals surface area contributed by atoms with Gasteiger partial charge in [0.05, 0.1) is 19.6 Å². The first-order valence-corrected chi connectivity index (χ1v) is 13.0. The third-order valence-electron chi connectivity index (χ3n) is 7.01. The third kappa shape index (κ3) is 5.77. The molecule has 0 spiro atoms. The monoisotopic (exact) mass is 529 g/mol. The van der Waals surface area contributed by atoms with Crippen LogP contribution in [0.3, 0.4) is 0 Å². The molecule has 1 N–H and O–H groups in total. The maximum atomic E-state index is 13.9. The second-order valence-corrected chi connectivity index (χ2v) is 9.71. The van der Waals surface area contributed by atoms with Gasteiger partial charge in [-0.3, -0.25) is 9.78 Å². The van der Waals surface area contributed by atoms with Crippen LogP contribution in [0.5, 0.6) is 11.5 Å². The highest BCUT2D eigenvalue weighted by molar-refractivity contribution is 5.90. The highest BCUT2D eigenvalue weighted by atomic mass is 19.1. The number of halogens is 2. The number of aliphatic carboxylic acids is 1. The van der Waals surface area contributed by atoms with Crippen molar-refractivity contribution < 1.29 is 28.2 Å². The molecule has 5 rings (SSSR count). The van der Waals surface area contributed by atoms with E-state index in [-0.39, 0.29) is 13.0 Å². The van der Waals surface area contributed by atoms with E-state index in [2.05, 4.69) is 6.07 Å². The van der Waals surface area contributed by atoms with Gasteiger partial charge in [0.2, 0.25) is 0 Å². The van der Waals surface area contributed by atoms with Gasteiger partial charge in [0.1, 0.15) is 23.1 Å². The van der Waals surface area contributed by atoms with Crippen molar-refractivity contribution in [1.29, 1.82) is 0 Å². The SMILES string of the molecule is Cc1nc(C)c(-c2ccc(OCCc3ccc(F)cc3F)cc2)c(-c2ccc3c(c2)CCCO3)c1CC(=O)O. The van der Waals surface area contributed by atoms with Gasteiger partial charge in [0.25, 0.3) is 0 Å². The Kier molecular flexibility index (Phi) is 7.59. The van der Waals surface area contributed by atoms with Gasteiger partial charge in [-0.2, -0.15) is 0 Å². The zero-order valence-corrected chi connectivity index (χ0v) is 21.9. The minimum atomic E-state index is -0.918. The second kappa shape index (κ2) is 11.2. The molecule has 1 aliphatic rings. The topological polar surface area (TPSA) is 68.7 Å². The molecule has 7 heteroatoms. The first-order chi connectivity index (χ1) is 18.8. The van der Waals surface area contributed by atoms with Gasteiger partial charge in [0.15, 0.2) is 0 Å². The quantitative estimate of drug-likeness (QED) is 0.269. The van der Waals surface area contributed by atoms with Gasteiger partial charge in [-0.25, -0.2) is 8.78 Å². The van der Waals surface area contributed by atoms with E-state index in [4.69, 9.17) is 14.5 Å². The molecular formula is C32H29F2NO4. The van der Waals surface area contributed by atoms with Crippen LogP contribution in [0.2, 0.25) is 0 Å². The van der Waals surface area contributed by atoms with Crippen LogP contribution in [0.15, 0.2) is 60.7 Å². The lowest BCUT2D eigenvalue weighted by atomic mass is 9.86. The Morgan fingerprint density at radius 1 is 0.974 bits per heavy atom. The second-order valence-electron chi connectivity index (χ2n) is 9.71. The van der Waals surface area contributed by atoms with Crippen molar-refractivity contribution >= 4 is 5.97 Å². The Morgan fingerprint density at radius 3 is 2.49 bits per heavy atom. The Balaban J connectivity index is 1.48. The number of carboxylic acid groups (broad SMARTS) is 1. The molecule has 0 radical (unpaired) electrons. The summed E-state index contributed by atoms with van der Waals surface area (Å²) in [5.41, 5.74) is 7.21. The minimum Gasteiger partial charge on any atom is -0.493 e. The lowest BCUT2D eigenvalue weighted by molar-refractivity contribution is -0.136. The molecule has 2 heterocycles. The zero-order chi connectivity index (χ0) is 27.5.